The minimum Gasteiger partial charge on any atom is -0.459 e. The second-order valence-corrected chi connectivity index (χ2v) is 7.31. The molecular weight excluding hydrogens is 396 g/mol. The maximum absolute atomic E-state index is 12.7. The summed E-state index contributed by atoms with van der Waals surface area (Å²) in [6.07, 6.45) is 3.20. The molecule has 7 nitrogen and oxygen atoms in total. The number of benzene rings is 2. The third kappa shape index (κ3) is 4.50. The predicted molar refractivity (Wildman–Crippen MR) is 115 cm³/mol. The van der Waals surface area contributed by atoms with Crippen molar-refractivity contribution in [1.29, 1.82) is 0 Å². The molecule has 1 aromatic heterocycles. The van der Waals surface area contributed by atoms with E-state index in [1.165, 1.54) is 12.3 Å². The molecule has 158 valence electrons. The summed E-state index contributed by atoms with van der Waals surface area (Å²) >= 11 is 0. The lowest BCUT2D eigenvalue weighted by atomic mass is 10.0. The highest BCUT2D eigenvalue weighted by Crippen LogP contribution is 2.27. The SMILES string of the molecule is Cc1ccc(C(=O)OCC(=O)N2CCCc3ccccc32)cc1NC(=O)c1ccco1. The Hall–Kier alpha value is -3.87. The number of fused-ring (bicyclic) bond motifs is 1. The largest absolute Gasteiger partial charge is 0.459 e. The Morgan fingerprint density at radius 2 is 1.94 bits per heavy atom. The van der Waals surface area contributed by atoms with Gasteiger partial charge in [0.25, 0.3) is 11.8 Å². The Labute approximate surface area is 179 Å². The van der Waals surface area contributed by atoms with E-state index in [1.807, 2.05) is 31.2 Å². The number of nitrogens with one attached hydrogen (secondary N) is 1. The van der Waals surface area contributed by atoms with Gasteiger partial charge >= 0.3 is 5.97 Å². The number of hydrogen-bond acceptors (Lipinski definition) is 5. The van der Waals surface area contributed by atoms with Crippen molar-refractivity contribution in [2.75, 3.05) is 23.4 Å². The van der Waals surface area contributed by atoms with E-state index in [0.717, 1.165) is 29.7 Å². The van der Waals surface area contributed by atoms with E-state index in [1.54, 1.807) is 29.2 Å². The highest BCUT2D eigenvalue weighted by Gasteiger charge is 2.23. The number of furan rings is 1. The fourth-order valence-electron chi connectivity index (χ4n) is 3.56. The number of para-hydroxylation sites is 1. The molecule has 0 saturated heterocycles. The van der Waals surface area contributed by atoms with Gasteiger partial charge in [-0.25, -0.2) is 4.79 Å². The van der Waals surface area contributed by atoms with Crippen LogP contribution in [0.1, 0.15) is 38.5 Å². The van der Waals surface area contributed by atoms with Crippen molar-refractivity contribution < 1.29 is 23.5 Å². The summed E-state index contributed by atoms with van der Waals surface area (Å²) in [5.41, 5.74) is 3.47. The van der Waals surface area contributed by atoms with Crippen LogP contribution in [-0.2, 0) is 16.0 Å². The van der Waals surface area contributed by atoms with Gasteiger partial charge in [-0.05, 0) is 61.2 Å². The molecule has 2 aromatic carbocycles. The fraction of sp³-hybridized carbons (Fsp3) is 0.208. The van der Waals surface area contributed by atoms with Gasteiger partial charge in [0.1, 0.15) is 0 Å². The molecular formula is C24H22N2O5. The molecule has 2 amide bonds. The second-order valence-electron chi connectivity index (χ2n) is 7.31. The van der Waals surface area contributed by atoms with Gasteiger partial charge in [0, 0.05) is 17.9 Å². The first-order valence-corrected chi connectivity index (χ1v) is 10.0. The van der Waals surface area contributed by atoms with Crippen LogP contribution in [0.25, 0.3) is 0 Å². The first-order valence-electron chi connectivity index (χ1n) is 10.0. The van der Waals surface area contributed by atoms with Crippen molar-refractivity contribution in [2.45, 2.75) is 19.8 Å². The van der Waals surface area contributed by atoms with Crippen molar-refractivity contribution in [3.05, 3.63) is 83.3 Å². The number of ether oxygens (including phenoxy) is 1. The Kier molecular flexibility index (Phi) is 5.84. The monoisotopic (exact) mass is 418 g/mol. The number of carbonyl (C=O) groups excluding carboxylic acids is 3. The topological polar surface area (TPSA) is 88.9 Å². The smallest absolute Gasteiger partial charge is 0.338 e. The van der Waals surface area contributed by atoms with E-state index in [4.69, 9.17) is 9.15 Å². The molecule has 1 aliphatic heterocycles. The van der Waals surface area contributed by atoms with Gasteiger partial charge in [-0.1, -0.05) is 24.3 Å². The minimum atomic E-state index is -0.632. The number of amides is 2. The Bertz CT molecular complexity index is 1120. The molecule has 0 bridgehead atoms. The Balaban J connectivity index is 1.41. The summed E-state index contributed by atoms with van der Waals surface area (Å²) in [6, 6.07) is 15.7. The summed E-state index contributed by atoms with van der Waals surface area (Å²) in [5, 5.41) is 2.72. The molecule has 2 heterocycles. The van der Waals surface area contributed by atoms with Crippen molar-refractivity contribution in [1.82, 2.24) is 0 Å². The molecule has 0 saturated carbocycles. The number of anilines is 2. The average Bonchev–Trinajstić information content (AvgIpc) is 3.33. The molecule has 0 spiro atoms. The van der Waals surface area contributed by atoms with Crippen LogP contribution in [0.4, 0.5) is 11.4 Å². The van der Waals surface area contributed by atoms with Crippen molar-refractivity contribution in [3.63, 3.8) is 0 Å². The van der Waals surface area contributed by atoms with E-state index >= 15 is 0 Å². The van der Waals surface area contributed by atoms with E-state index in [9.17, 15) is 14.4 Å². The first-order chi connectivity index (χ1) is 15.0. The Morgan fingerprint density at radius 3 is 2.74 bits per heavy atom. The number of aryl methyl sites for hydroxylation is 2. The third-order valence-corrected chi connectivity index (χ3v) is 5.20. The summed E-state index contributed by atoms with van der Waals surface area (Å²) < 4.78 is 10.4. The van der Waals surface area contributed by atoms with Crippen molar-refractivity contribution >= 4 is 29.2 Å². The lowest BCUT2D eigenvalue weighted by molar-refractivity contribution is -0.121. The lowest BCUT2D eigenvalue weighted by Gasteiger charge is -2.29. The summed E-state index contributed by atoms with van der Waals surface area (Å²) in [4.78, 5) is 39.1. The number of hydrogen-bond donors (Lipinski definition) is 1. The van der Waals surface area contributed by atoms with Gasteiger partial charge in [0.15, 0.2) is 12.4 Å². The maximum Gasteiger partial charge on any atom is 0.338 e. The van der Waals surface area contributed by atoms with Crippen molar-refractivity contribution in [3.8, 4) is 0 Å². The zero-order valence-corrected chi connectivity index (χ0v) is 17.1. The molecule has 7 heteroatoms. The zero-order valence-electron chi connectivity index (χ0n) is 17.1. The van der Waals surface area contributed by atoms with Crippen LogP contribution in [0.5, 0.6) is 0 Å². The minimum absolute atomic E-state index is 0.166. The first kappa shape index (κ1) is 20.4. The van der Waals surface area contributed by atoms with Crippen molar-refractivity contribution in [2.24, 2.45) is 0 Å². The predicted octanol–water partition coefficient (Wildman–Crippen LogP) is 3.98. The maximum atomic E-state index is 12.7. The number of esters is 1. The van der Waals surface area contributed by atoms with E-state index in [-0.39, 0.29) is 23.8 Å². The van der Waals surface area contributed by atoms with E-state index < -0.39 is 11.9 Å². The van der Waals surface area contributed by atoms with Gasteiger partial charge in [0.05, 0.1) is 11.8 Å². The van der Waals surface area contributed by atoms with E-state index in [2.05, 4.69) is 5.32 Å². The number of nitrogens with zero attached hydrogens (tertiary/aromatic N) is 1. The van der Waals surface area contributed by atoms with Gasteiger partial charge in [0.2, 0.25) is 0 Å². The highest BCUT2D eigenvalue weighted by molar-refractivity contribution is 6.03. The van der Waals surface area contributed by atoms with Gasteiger partial charge in [-0.3, -0.25) is 9.59 Å². The molecule has 31 heavy (non-hydrogen) atoms. The van der Waals surface area contributed by atoms with Crippen LogP contribution in [0.2, 0.25) is 0 Å². The summed E-state index contributed by atoms with van der Waals surface area (Å²) in [7, 11) is 0. The highest BCUT2D eigenvalue weighted by atomic mass is 16.5. The normalized spacial score (nSPS) is 12.7. The summed E-state index contributed by atoms with van der Waals surface area (Å²) in [6.45, 7) is 2.06. The quantitative estimate of drug-likeness (QED) is 0.633. The lowest BCUT2D eigenvalue weighted by Crippen LogP contribution is -2.38. The molecule has 3 aromatic rings. The Morgan fingerprint density at radius 1 is 1.10 bits per heavy atom. The molecule has 0 unspecified atom stereocenters. The molecule has 1 N–H and O–H groups in total. The van der Waals surface area contributed by atoms with Crippen LogP contribution in [-0.4, -0.2) is 30.9 Å². The second kappa shape index (κ2) is 8.87. The molecule has 0 atom stereocenters. The third-order valence-electron chi connectivity index (χ3n) is 5.20. The number of rotatable bonds is 5. The van der Waals surface area contributed by atoms with Gasteiger partial charge in [-0.2, -0.15) is 0 Å². The zero-order chi connectivity index (χ0) is 21.8. The summed E-state index contributed by atoms with van der Waals surface area (Å²) in [5.74, 6) is -1.15. The van der Waals surface area contributed by atoms with Gasteiger partial charge < -0.3 is 19.4 Å². The average molecular weight is 418 g/mol. The molecule has 4 rings (SSSR count). The fourth-order valence-corrected chi connectivity index (χ4v) is 3.56. The molecule has 1 aliphatic rings. The van der Waals surface area contributed by atoms with Crippen LogP contribution in [0.3, 0.4) is 0 Å². The van der Waals surface area contributed by atoms with E-state index in [0.29, 0.717) is 12.2 Å². The molecule has 0 radical (unpaired) electrons. The van der Waals surface area contributed by atoms with Crippen LogP contribution in [0, 0.1) is 6.92 Å². The molecule has 0 aliphatic carbocycles. The van der Waals surface area contributed by atoms with Crippen LogP contribution in [0.15, 0.2) is 65.3 Å². The molecule has 0 fully saturated rings. The van der Waals surface area contributed by atoms with Crippen LogP contribution >= 0.6 is 0 Å². The standard InChI is InChI=1S/C24H22N2O5/c1-16-10-11-18(14-19(16)25-23(28)21-9-5-13-30-21)24(29)31-15-22(27)26-12-4-7-17-6-2-3-8-20(17)26/h2-3,5-6,8-11,13-14H,4,7,12,15H2,1H3,(H,25,28). The van der Waals surface area contributed by atoms with Crippen LogP contribution < -0.4 is 10.2 Å². The van der Waals surface area contributed by atoms with Gasteiger partial charge in [-0.15, -0.1) is 0 Å². The number of carbonyl (C=O) groups is 3.